The van der Waals surface area contributed by atoms with Gasteiger partial charge in [-0.3, -0.25) is 9.32 Å². The summed E-state index contributed by atoms with van der Waals surface area (Å²) in [5, 5.41) is 24.1. The van der Waals surface area contributed by atoms with Gasteiger partial charge in [-0.25, -0.2) is 9.78 Å². The zero-order chi connectivity index (χ0) is 23.6. The summed E-state index contributed by atoms with van der Waals surface area (Å²) >= 11 is 1.000. The van der Waals surface area contributed by atoms with Crippen molar-refractivity contribution in [2.75, 3.05) is 11.1 Å². The van der Waals surface area contributed by atoms with Gasteiger partial charge in [0.2, 0.25) is 5.91 Å². The third-order valence-corrected chi connectivity index (χ3v) is 5.69. The Morgan fingerprint density at radius 3 is 2.41 bits per heavy atom. The van der Waals surface area contributed by atoms with Crippen LogP contribution in [-0.2, 0) is 11.8 Å². The van der Waals surface area contributed by atoms with Gasteiger partial charge in [-0.05, 0) is 49.3 Å². The Bertz CT molecular complexity index is 1340. The number of benzene rings is 1. The second-order valence-corrected chi connectivity index (χ2v) is 8.49. The van der Waals surface area contributed by atoms with Crippen LogP contribution < -0.4 is 21.4 Å². The Balaban J connectivity index is 2.01. The van der Waals surface area contributed by atoms with Crippen molar-refractivity contribution in [2.45, 2.75) is 31.0 Å². The number of aromatic amines is 1. The molecule has 0 aliphatic carbocycles. The average Bonchev–Trinajstić information content (AvgIpc) is 3.04. The number of rotatable bonds is 5. The molecule has 10 nitrogen and oxygen atoms in total. The lowest BCUT2D eigenvalue weighted by Gasteiger charge is -2.15. The highest BCUT2D eigenvalue weighted by Gasteiger charge is 2.32. The number of nitrogens with two attached hydrogens (primary N) is 1. The Kier molecular flexibility index (Phi) is 6.32. The van der Waals surface area contributed by atoms with Gasteiger partial charge in [-0.2, -0.15) is 10.5 Å². The minimum absolute atomic E-state index is 0.00409. The van der Waals surface area contributed by atoms with Gasteiger partial charge in [0.25, 0.3) is 0 Å². The minimum atomic E-state index is -0.775. The van der Waals surface area contributed by atoms with Gasteiger partial charge in [0, 0.05) is 5.69 Å². The van der Waals surface area contributed by atoms with E-state index in [1.165, 1.54) is 11.7 Å². The smallest absolute Gasteiger partial charge is 0.383 e. The third-order valence-electron chi connectivity index (χ3n) is 4.60. The first-order valence-corrected chi connectivity index (χ1v) is 10.3. The highest BCUT2D eigenvalue weighted by molar-refractivity contribution is 8.00. The number of amides is 1. The van der Waals surface area contributed by atoms with Crippen LogP contribution in [0.1, 0.15) is 29.2 Å². The molecule has 0 spiro atoms. The van der Waals surface area contributed by atoms with E-state index in [2.05, 4.69) is 15.6 Å². The number of anilines is 2. The zero-order valence-corrected chi connectivity index (χ0v) is 18.6. The molecule has 0 saturated heterocycles. The van der Waals surface area contributed by atoms with E-state index in [0.717, 1.165) is 22.9 Å². The van der Waals surface area contributed by atoms with Gasteiger partial charge in [-0.1, -0.05) is 22.5 Å². The molecule has 1 amide bonds. The van der Waals surface area contributed by atoms with E-state index < -0.39 is 10.9 Å². The Morgan fingerprint density at radius 2 is 1.88 bits per heavy atom. The van der Waals surface area contributed by atoms with E-state index in [1.807, 2.05) is 44.2 Å². The van der Waals surface area contributed by atoms with Crippen molar-refractivity contribution < 1.29 is 14.0 Å². The third kappa shape index (κ3) is 4.33. The predicted octanol–water partition coefficient (Wildman–Crippen LogP) is 1.92. The van der Waals surface area contributed by atoms with E-state index in [9.17, 15) is 20.1 Å². The van der Waals surface area contributed by atoms with Gasteiger partial charge in [0.05, 0.1) is 10.8 Å². The maximum atomic E-state index is 12.8. The van der Waals surface area contributed by atoms with Crippen molar-refractivity contribution in [2.24, 2.45) is 7.05 Å². The van der Waals surface area contributed by atoms with Crippen LogP contribution in [0, 0.1) is 36.5 Å². The summed E-state index contributed by atoms with van der Waals surface area (Å²) in [5.41, 5.74) is 7.64. The molecule has 2 heterocycles. The predicted molar refractivity (Wildman–Crippen MR) is 117 cm³/mol. The molecule has 0 aliphatic heterocycles. The van der Waals surface area contributed by atoms with Gasteiger partial charge in [0.15, 0.2) is 7.05 Å². The van der Waals surface area contributed by atoms with E-state index >= 15 is 0 Å². The second kappa shape index (κ2) is 8.96. The van der Waals surface area contributed by atoms with E-state index in [1.54, 1.807) is 6.92 Å². The monoisotopic (exact) mass is 450 g/mol. The van der Waals surface area contributed by atoms with Crippen molar-refractivity contribution in [3.63, 3.8) is 0 Å². The number of pyridine rings is 1. The number of carbonyl (C=O) groups excluding carboxylic acids is 1. The summed E-state index contributed by atoms with van der Waals surface area (Å²) in [7, 11) is 1.49. The van der Waals surface area contributed by atoms with Crippen LogP contribution in [0.15, 0.2) is 32.5 Å². The molecule has 0 fully saturated rings. The van der Waals surface area contributed by atoms with Crippen molar-refractivity contribution in [1.29, 1.82) is 10.5 Å². The maximum absolute atomic E-state index is 12.8. The topological polar surface area (TPSA) is 165 Å². The molecule has 3 rings (SSSR count). The van der Waals surface area contributed by atoms with Crippen molar-refractivity contribution >= 4 is 29.2 Å². The first-order chi connectivity index (χ1) is 15.2. The Hall–Kier alpha value is -4.09. The van der Waals surface area contributed by atoms with Gasteiger partial charge in [-0.15, -0.1) is 0 Å². The van der Waals surface area contributed by atoms with Crippen LogP contribution >= 0.6 is 11.8 Å². The molecule has 32 heavy (non-hydrogen) atoms. The Morgan fingerprint density at radius 1 is 1.25 bits per heavy atom. The van der Waals surface area contributed by atoms with E-state index in [0.29, 0.717) is 5.69 Å². The number of nitriles is 2. The van der Waals surface area contributed by atoms with E-state index in [-0.39, 0.29) is 39.1 Å². The minimum Gasteiger partial charge on any atom is -0.383 e. The van der Waals surface area contributed by atoms with Crippen molar-refractivity contribution in [1.82, 2.24) is 10.3 Å². The quantitative estimate of drug-likeness (QED) is 0.391. The number of hydrogen-bond donors (Lipinski definition) is 3. The Labute approximate surface area is 187 Å². The number of nitrogen functional groups attached to an aromatic ring is 1. The number of thioether (sulfide) groups is 1. The standard InChI is InChI=1S/C21H19N7O3S/c1-10-5-11(2)7-13(6-10)25-19(29)12(3)32-20-15(9-23)16(14(8-22)18(24)26-20)17-21(30)31-27-28(17)4/h5-7,12H,1-4H3,(H3-,24,25,26,27,29,30)/p+1. The molecular weight excluding hydrogens is 430 g/mol. The van der Waals surface area contributed by atoms with Crippen LogP contribution in [0.4, 0.5) is 11.5 Å². The lowest BCUT2D eigenvalue weighted by atomic mass is 10.0. The molecule has 11 heteroatoms. The molecule has 0 aliphatic rings. The van der Waals surface area contributed by atoms with Gasteiger partial charge >= 0.3 is 11.3 Å². The number of nitrogens with one attached hydrogen (secondary N) is 2. The largest absolute Gasteiger partial charge is 0.435 e. The molecule has 0 bridgehead atoms. The number of H-pyrrole nitrogens is 1. The summed E-state index contributed by atoms with van der Waals surface area (Å²) in [5.74, 6) is -0.464. The molecule has 1 unspecified atom stereocenters. The van der Waals surface area contributed by atoms with E-state index in [4.69, 9.17) is 10.3 Å². The first-order valence-electron chi connectivity index (χ1n) is 9.43. The summed E-state index contributed by atoms with van der Waals surface area (Å²) in [6.07, 6.45) is 0. The number of nitrogens with zero attached hydrogens (tertiary/aromatic N) is 4. The molecule has 4 N–H and O–H groups in total. The van der Waals surface area contributed by atoms with Crippen LogP contribution in [0.3, 0.4) is 0 Å². The van der Waals surface area contributed by atoms with Crippen LogP contribution in [0.25, 0.3) is 11.3 Å². The van der Waals surface area contributed by atoms with Crippen LogP contribution in [0.2, 0.25) is 0 Å². The van der Waals surface area contributed by atoms with Gasteiger partial charge < -0.3 is 11.1 Å². The fraction of sp³-hybridized carbons (Fsp3) is 0.238. The van der Waals surface area contributed by atoms with Gasteiger partial charge in [0.1, 0.15) is 34.1 Å². The molecule has 0 saturated carbocycles. The molecule has 1 aromatic carbocycles. The van der Waals surface area contributed by atoms with Crippen molar-refractivity contribution in [3.05, 3.63) is 50.9 Å². The van der Waals surface area contributed by atoms with Crippen LogP contribution in [0.5, 0.6) is 0 Å². The average molecular weight is 451 g/mol. The molecule has 162 valence electrons. The highest BCUT2D eigenvalue weighted by Crippen LogP contribution is 2.35. The lowest BCUT2D eigenvalue weighted by molar-refractivity contribution is -0.730. The number of aromatic nitrogens is 3. The fourth-order valence-electron chi connectivity index (χ4n) is 3.24. The number of carbonyl (C=O) groups is 1. The normalized spacial score (nSPS) is 11.4. The maximum Gasteiger partial charge on any atom is 0.435 e. The summed E-state index contributed by atoms with van der Waals surface area (Å²) in [6, 6.07) is 9.58. The van der Waals surface area contributed by atoms with Crippen LogP contribution in [-0.4, -0.2) is 21.4 Å². The first kappa shape index (κ1) is 22.6. The highest BCUT2D eigenvalue weighted by atomic mass is 32.2. The van der Waals surface area contributed by atoms with Crippen molar-refractivity contribution in [3.8, 4) is 23.4 Å². The lowest BCUT2D eigenvalue weighted by Crippen LogP contribution is -2.34. The molecule has 0 radical (unpaired) electrons. The SMILES string of the molecule is Cc1cc(C)cc(NC(=O)C(C)Sc2nc(N)c(C#N)c(-c3c(=O)o[nH][n+]3C)c2C#N)c1. The molecule has 1 atom stereocenters. The molecule has 2 aromatic heterocycles. The molecule has 3 aromatic rings. The summed E-state index contributed by atoms with van der Waals surface area (Å²) in [6.45, 7) is 5.52. The summed E-state index contributed by atoms with van der Waals surface area (Å²) in [4.78, 5) is 29.2. The second-order valence-electron chi connectivity index (χ2n) is 7.16. The summed E-state index contributed by atoms with van der Waals surface area (Å²) < 4.78 is 6.00. The fourth-order valence-corrected chi connectivity index (χ4v) is 4.16. The number of aryl methyl sites for hydroxylation is 3. The number of hydrogen-bond acceptors (Lipinski definition) is 8. The molecular formula is C21H20N7O3S+. The zero-order valence-electron chi connectivity index (χ0n) is 17.8.